The number of rotatable bonds is 10. The van der Waals surface area contributed by atoms with Gasteiger partial charge in [0.2, 0.25) is 5.75 Å². The van der Waals surface area contributed by atoms with Gasteiger partial charge in [0.25, 0.3) is 5.91 Å². The summed E-state index contributed by atoms with van der Waals surface area (Å²) < 4.78 is 32.2. The van der Waals surface area contributed by atoms with E-state index in [9.17, 15) is 14.9 Å². The van der Waals surface area contributed by atoms with Gasteiger partial charge in [0, 0.05) is 13.2 Å². The minimum atomic E-state index is -0.679. The van der Waals surface area contributed by atoms with Crippen molar-refractivity contribution in [1.29, 1.82) is 5.26 Å². The zero-order valence-electron chi connectivity index (χ0n) is 20.6. The lowest BCUT2D eigenvalue weighted by molar-refractivity contribution is -0.117. The molecule has 1 saturated heterocycles. The molecule has 0 bridgehead atoms. The summed E-state index contributed by atoms with van der Waals surface area (Å²) in [6.07, 6.45) is 3.23. The molecule has 10 heteroatoms. The Labute approximate surface area is 209 Å². The maximum Gasteiger partial charge on any atom is 0.343 e. The number of benzene rings is 2. The molecule has 2 aromatic carbocycles. The standard InChI is InChI=1S/C26H28N2O8/c1-31-21-11-16(10-18(14-27)25(29)28-15-19-6-5-9-35-19)7-8-20(21)36-26(30)17-12-22(32-2)24(34-4)23(13-17)33-3/h7-8,10-13,19H,5-6,9,15H2,1-4H3,(H,28,29)/b18-10+. The first kappa shape index (κ1) is 26.4. The predicted octanol–water partition coefficient (Wildman–Crippen LogP) is 3.14. The molecule has 3 rings (SSSR count). The molecule has 2 aromatic rings. The Bertz CT molecular complexity index is 1150. The van der Waals surface area contributed by atoms with Crippen molar-refractivity contribution in [2.24, 2.45) is 0 Å². The molecule has 190 valence electrons. The average molecular weight is 497 g/mol. The Hall–Kier alpha value is -4.23. The van der Waals surface area contributed by atoms with Crippen molar-refractivity contribution in [3.05, 3.63) is 47.0 Å². The molecule has 36 heavy (non-hydrogen) atoms. The topological polar surface area (TPSA) is 125 Å². The second kappa shape index (κ2) is 12.5. The number of methoxy groups -OCH3 is 4. The molecule has 1 amide bonds. The van der Waals surface area contributed by atoms with Gasteiger partial charge in [0.05, 0.1) is 40.1 Å². The van der Waals surface area contributed by atoms with Crippen LogP contribution in [0.25, 0.3) is 6.08 Å². The Balaban J connectivity index is 1.78. The SMILES string of the molecule is COc1cc(/C=C(\C#N)C(=O)NCC2CCCO2)ccc1OC(=O)c1cc(OC)c(OC)c(OC)c1. The number of esters is 1. The second-order valence-electron chi connectivity index (χ2n) is 7.73. The molecular formula is C26H28N2O8. The van der Waals surface area contributed by atoms with Crippen LogP contribution in [-0.2, 0) is 9.53 Å². The summed E-state index contributed by atoms with van der Waals surface area (Å²) in [7, 11) is 5.77. The van der Waals surface area contributed by atoms with Crippen LogP contribution in [0.3, 0.4) is 0 Å². The average Bonchev–Trinajstić information content (AvgIpc) is 3.43. The van der Waals surface area contributed by atoms with Gasteiger partial charge in [0.1, 0.15) is 11.6 Å². The minimum absolute atomic E-state index is 0.0337. The van der Waals surface area contributed by atoms with Crippen LogP contribution in [0.15, 0.2) is 35.9 Å². The number of nitrogens with one attached hydrogen (secondary N) is 1. The van der Waals surface area contributed by atoms with E-state index in [1.54, 1.807) is 12.1 Å². The molecule has 0 spiro atoms. The fourth-order valence-corrected chi connectivity index (χ4v) is 3.64. The monoisotopic (exact) mass is 496 g/mol. The maximum atomic E-state index is 12.8. The Morgan fingerprint density at radius 1 is 1.03 bits per heavy atom. The third-order valence-corrected chi connectivity index (χ3v) is 5.48. The Morgan fingerprint density at radius 3 is 2.28 bits per heavy atom. The Kier molecular flexibility index (Phi) is 9.13. The van der Waals surface area contributed by atoms with E-state index in [1.165, 1.54) is 52.7 Å². The van der Waals surface area contributed by atoms with Gasteiger partial charge in [-0.25, -0.2) is 4.79 Å². The zero-order valence-corrected chi connectivity index (χ0v) is 20.6. The van der Waals surface area contributed by atoms with Crippen LogP contribution >= 0.6 is 0 Å². The van der Waals surface area contributed by atoms with E-state index in [1.807, 2.05) is 6.07 Å². The van der Waals surface area contributed by atoms with Gasteiger partial charge < -0.3 is 33.7 Å². The van der Waals surface area contributed by atoms with Crippen LogP contribution in [0.4, 0.5) is 0 Å². The Morgan fingerprint density at radius 2 is 1.72 bits per heavy atom. The van der Waals surface area contributed by atoms with E-state index in [0.29, 0.717) is 36.0 Å². The number of amides is 1. The van der Waals surface area contributed by atoms with Crippen molar-refractivity contribution < 1.29 is 38.0 Å². The highest BCUT2D eigenvalue weighted by atomic mass is 16.6. The van der Waals surface area contributed by atoms with Crippen LogP contribution in [0.1, 0.15) is 28.8 Å². The van der Waals surface area contributed by atoms with E-state index in [4.69, 9.17) is 28.4 Å². The molecule has 1 unspecified atom stereocenters. The van der Waals surface area contributed by atoms with Crippen LogP contribution in [0, 0.1) is 11.3 Å². The summed E-state index contributed by atoms with van der Waals surface area (Å²) in [6, 6.07) is 9.53. The fourth-order valence-electron chi connectivity index (χ4n) is 3.64. The normalized spacial score (nSPS) is 15.0. The van der Waals surface area contributed by atoms with E-state index < -0.39 is 11.9 Å². The fraction of sp³-hybridized carbons (Fsp3) is 0.346. The third kappa shape index (κ3) is 6.25. The number of nitriles is 1. The summed E-state index contributed by atoms with van der Waals surface area (Å²) in [6.45, 7) is 1.02. The first-order valence-electron chi connectivity index (χ1n) is 11.2. The second-order valence-corrected chi connectivity index (χ2v) is 7.73. The van der Waals surface area contributed by atoms with Gasteiger partial charge in [-0.05, 0) is 48.7 Å². The van der Waals surface area contributed by atoms with Gasteiger partial charge in [-0.1, -0.05) is 6.07 Å². The molecule has 0 aromatic heterocycles. The van der Waals surface area contributed by atoms with Crippen LogP contribution < -0.4 is 29.0 Å². The predicted molar refractivity (Wildman–Crippen MR) is 130 cm³/mol. The highest BCUT2D eigenvalue weighted by Crippen LogP contribution is 2.39. The van der Waals surface area contributed by atoms with Gasteiger partial charge in [0.15, 0.2) is 23.0 Å². The van der Waals surface area contributed by atoms with Gasteiger partial charge in [-0.2, -0.15) is 5.26 Å². The summed E-state index contributed by atoms with van der Waals surface area (Å²) in [5.41, 5.74) is 0.616. The summed E-state index contributed by atoms with van der Waals surface area (Å²) in [5, 5.41) is 12.2. The molecule has 1 aliphatic rings. The molecule has 0 saturated carbocycles. The molecule has 10 nitrogen and oxygen atoms in total. The highest BCUT2D eigenvalue weighted by Gasteiger charge is 2.20. The van der Waals surface area contributed by atoms with Crippen molar-refractivity contribution in [3.8, 4) is 34.8 Å². The summed E-state index contributed by atoms with van der Waals surface area (Å²) in [5.74, 6) is 0.165. The zero-order chi connectivity index (χ0) is 26.1. The lowest BCUT2D eigenvalue weighted by Crippen LogP contribution is -2.32. The van der Waals surface area contributed by atoms with Crippen molar-refractivity contribution in [2.45, 2.75) is 18.9 Å². The number of carbonyl (C=O) groups is 2. The number of carbonyl (C=O) groups excluding carboxylic acids is 2. The van der Waals surface area contributed by atoms with Crippen molar-refractivity contribution in [2.75, 3.05) is 41.6 Å². The van der Waals surface area contributed by atoms with Crippen molar-refractivity contribution in [3.63, 3.8) is 0 Å². The van der Waals surface area contributed by atoms with Crippen LogP contribution in [0.5, 0.6) is 28.7 Å². The number of hydrogen-bond acceptors (Lipinski definition) is 9. The van der Waals surface area contributed by atoms with Crippen LogP contribution in [0.2, 0.25) is 0 Å². The summed E-state index contributed by atoms with van der Waals surface area (Å²) in [4.78, 5) is 25.3. The largest absolute Gasteiger partial charge is 0.493 e. The van der Waals surface area contributed by atoms with E-state index in [0.717, 1.165) is 12.8 Å². The molecule has 0 aliphatic carbocycles. The lowest BCUT2D eigenvalue weighted by Gasteiger charge is -2.14. The molecule has 1 fully saturated rings. The first-order valence-corrected chi connectivity index (χ1v) is 11.2. The number of ether oxygens (including phenoxy) is 6. The van der Waals surface area contributed by atoms with E-state index in [2.05, 4.69) is 5.32 Å². The van der Waals surface area contributed by atoms with Gasteiger partial charge in [-0.15, -0.1) is 0 Å². The van der Waals surface area contributed by atoms with E-state index in [-0.39, 0.29) is 28.7 Å². The van der Waals surface area contributed by atoms with Gasteiger partial charge in [-0.3, -0.25) is 4.79 Å². The van der Waals surface area contributed by atoms with Crippen molar-refractivity contribution >= 4 is 18.0 Å². The first-order chi connectivity index (χ1) is 17.4. The minimum Gasteiger partial charge on any atom is -0.493 e. The molecule has 1 heterocycles. The number of hydrogen-bond donors (Lipinski definition) is 1. The van der Waals surface area contributed by atoms with Crippen LogP contribution in [-0.4, -0.2) is 59.6 Å². The molecular weight excluding hydrogens is 468 g/mol. The number of nitrogens with zero attached hydrogens (tertiary/aromatic N) is 1. The highest BCUT2D eigenvalue weighted by molar-refractivity contribution is 6.01. The molecule has 1 atom stereocenters. The van der Waals surface area contributed by atoms with E-state index >= 15 is 0 Å². The molecule has 1 N–H and O–H groups in total. The van der Waals surface area contributed by atoms with Crippen molar-refractivity contribution in [1.82, 2.24) is 5.32 Å². The molecule has 1 aliphatic heterocycles. The summed E-state index contributed by atoms with van der Waals surface area (Å²) >= 11 is 0. The third-order valence-electron chi connectivity index (χ3n) is 5.48. The van der Waals surface area contributed by atoms with Gasteiger partial charge >= 0.3 is 5.97 Å². The smallest absolute Gasteiger partial charge is 0.343 e. The maximum absolute atomic E-state index is 12.8. The quantitative estimate of drug-likeness (QED) is 0.228. The molecule has 0 radical (unpaired) electrons. The lowest BCUT2D eigenvalue weighted by atomic mass is 10.1.